The second-order valence-corrected chi connectivity index (χ2v) is 10.4. The third-order valence-electron chi connectivity index (χ3n) is 7.70. The first kappa shape index (κ1) is 24.2. The van der Waals surface area contributed by atoms with Gasteiger partial charge in [-0.2, -0.15) is 0 Å². The first-order valence-corrected chi connectivity index (χ1v) is 13.1. The van der Waals surface area contributed by atoms with Crippen LogP contribution in [-0.2, 0) is 13.0 Å². The van der Waals surface area contributed by atoms with Crippen molar-refractivity contribution in [3.05, 3.63) is 70.7 Å². The number of aryl methyl sites for hydroxylation is 1. The molecule has 0 saturated heterocycles. The second kappa shape index (κ2) is 10.2. The number of H-pyrrole nitrogens is 1. The Hall–Kier alpha value is -3.55. The Morgan fingerprint density at radius 2 is 1.94 bits per heavy atom. The number of benzene rings is 1. The summed E-state index contributed by atoms with van der Waals surface area (Å²) >= 11 is 0. The van der Waals surface area contributed by atoms with Crippen LogP contribution in [0.15, 0.2) is 53.6 Å². The van der Waals surface area contributed by atoms with Crippen LogP contribution in [0.5, 0.6) is 0 Å². The van der Waals surface area contributed by atoms with Gasteiger partial charge in [-0.25, -0.2) is 9.89 Å². The van der Waals surface area contributed by atoms with Crippen molar-refractivity contribution < 1.29 is 0 Å². The summed E-state index contributed by atoms with van der Waals surface area (Å²) in [5, 5.41) is 14.3. The lowest BCUT2D eigenvalue weighted by Crippen LogP contribution is -2.44. The summed E-state index contributed by atoms with van der Waals surface area (Å²) < 4.78 is 3.97. The largest absolute Gasteiger partial charge is 0.328 e. The molecule has 5 rings (SSSR count). The van der Waals surface area contributed by atoms with Gasteiger partial charge in [0.2, 0.25) is 0 Å². The molecule has 1 saturated carbocycles. The van der Waals surface area contributed by atoms with Crippen LogP contribution in [0, 0.1) is 17.8 Å². The summed E-state index contributed by atoms with van der Waals surface area (Å²) in [4.78, 5) is 18.4. The van der Waals surface area contributed by atoms with Crippen LogP contribution in [-0.4, -0.2) is 34.7 Å². The number of nitrogens with one attached hydrogen (secondary N) is 1. The van der Waals surface area contributed by atoms with Crippen LogP contribution in [0.3, 0.4) is 0 Å². The standard InChI is InChI=1S/C28H35N7O/c1-5-6-9-22-17-35(26-19(4)14-25(26)18(2)3)28(36)34(22)16-21-13-12-20(15-29-21)23-10-7-8-11-24(23)27-30-32-33-31-27/h7-8,10-13,15,17-19,25-26H,5-6,9,14,16H2,1-4H3,(H,30,31,32,33). The topological polar surface area (TPSA) is 94.3 Å². The number of tetrazole rings is 1. The van der Waals surface area contributed by atoms with Crippen molar-refractivity contribution in [2.24, 2.45) is 17.8 Å². The molecule has 0 spiro atoms. The fourth-order valence-electron chi connectivity index (χ4n) is 5.62. The number of hydrogen-bond acceptors (Lipinski definition) is 5. The average molecular weight is 486 g/mol. The molecule has 36 heavy (non-hydrogen) atoms. The van der Waals surface area contributed by atoms with E-state index in [1.807, 2.05) is 45.7 Å². The number of pyridine rings is 1. The molecule has 3 heterocycles. The number of unbranched alkanes of at least 4 members (excludes halogenated alkanes) is 1. The van der Waals surface area contributed by atoms with Crippen LogP contribution < -0.4 is 5.69 Å². The zero-order chi connectivity index (χ0) is 25.2. The van der Waals surface area contributed by atoms with Crippen molar-refractivity contribution in [2.75, 3.05) is 0 Å². The van der Waals surface area contributed by atoms with Gasteiger partial charge in [0.05, 0.1) is 12.2 Å². The van der Waals surface area contributed by atoms with Crippen LogP contribution >= 0.6 is 0 Å². The minimum Gasteiger partial charge on any atom is -0.295 e. The van der Waals surface area contributed by atoms with Gasteiger partial charge in [0, 0.05) is 35.3 Å². The SMILES string of the molecule is CCCCc1cn(C2C(C)CC2C(C)C)c(=O)n1Cc1ccc(-c2ccccc2-c2nnn[nH]2)cn1. The molecule has 4 aromatic rings. The van der Waals surface area contributed by atoms with E-state index in [0.29, 0.717) is 30.1 Å². The summed E-state index contributed by atoms with van der Waals surface area (Å²) in [7, 11) is 0. The maximum atomic E-state index is 13.6. The van der Waals surface area contributed by atoms with E-state index < -0.39 is 0 Å². The van der Waals surface area contributed by atoms with Gasteiger partial charge >= 0.3 is 5.69 Å². The van der Waals surface area contributed by atoms with E-state index >= 15 is 0 Å². The summed E-state index contributed by atoms with van der Waals surface area (Å²) in [6.07, 6.45) is 8.26. The fraction of sp³-hybridized carbons (Fsp3) is 0.464. The minimum absolute atomic E-state index is 0.0948. The summed E-state index contributed by atoms with van der Waals surface area (Å²) in [5.41, 5.74) is 4.97. The van der Waals surface area contributed by atoms with Crippen molar-refractivity contribution in [1.82, 2.24) is 34.7 Å². The highest BCUT2D eigenvalue weighted by Gasteiger charge is 2.42. The molecule has 1 N–H and O–H groups in total. The van der Waals surface area contributed by atoms with Crippen LogP contribution in [0.2, 0.25) is 0 Å². The van der Waals surface area contributed by atoms with Crippen molar-refractivity contribution in [3.63, 3.8) is 0 Å². The van der Waals surface area contributed by atoms with Gasteiger partial charge in [0.1, 0.15) is 0 Å². The van der Waals surface area contributed by atoms with Gasteiger partial charge in [-0.3, -0.25) is 14.1 Å². The molecule has 0 radical (unpaired) electrons. The molecule has 0 bridgehead atoms. The normalized spacial score (nSPS) is 19.5. The van der Waals surface area contributed by atoms with Crippen molar-refractivity contribution in [2.45, 2.75) is 66.0 Å². The maximum Gasteiger partial charge on any atom is 0.328 e. The van der Waals surface area contributed by atoms with E-state index in [4.69, 9.17) is 4.98 Å². The minimum atomic E-state index is 0.0948. The first-order chi connectivity index (χ1) is 17.5. The molecule has 0 amide bonds. The highest BCUT2D eigenvalue weighted by Crippen LogP contribution is 2.47. The van der Waals surface area contributed by atoms with Gasteiger partial charge in [-0.1, -0.05) is 64.4 Å². The Morgan fingerprint density at radius 3 is 2.58 bits per heavy atom. The van der Waals surface area contributed by atoms with Crippen molar-refractivity contribution in [3.8, 4) is 22.5 Å². The molecule has 8 heteroatoms. The smallest absolute Gasteiger partial charge is 0.295 e. The lowest BCUT2D eigenvalue weighted by Gasteiger charge is -2.45. The fourth-order valence-corrected chi connectivity index (χ4v) is 5.62. The van der Waals surface area contributed by atoms with Gasteiger partial charge in [0.25, 0.3) is 0 Å². The summed E-state index contributed by atoms with van der Waals surface area (Å²) in [6, 6.07) is 12.3. The lowest BCUT2D eigenvalue weighted by molar-refractivity contribution is 0.0538. The molecule has 3 atom stereocenters. The first-order valence-electron chi connectivity index (χ1n) is 13.1. The number of hydrogen-bond donors (Lipinski definition) is 1. The molecule has 0 aliphatic heterocycles. The van der Waals surface area contributed by atoms with E-state index in [9.17, 15) is 4.79 Å². The van der Waals surface area contributed by atoms with Crippen molar-refractivity contribution >= 4 is 0 Å². The van der Waals surface area contributed by atoms with E-state index in [-0.39, 0.29) is 11.7 Å². The number of aromatic nitrogens is 7. The molecular weight excluding hydrogens is 450 g/mol. The van der Waals surface area contributed by atoms with Crippen LogP contribution in [0.25, 0.3) is 22.5 Å². The highest BCUT2D eigenvalue weighted by molar-refractivity contribution is 5.79. The quantitative estimate of drug-likeness (QED) is 0.354. The average Bonchev–Trinajstić information content (AvgIpc) is 3.51. The lowest BCUT2D eigenvalue weighted by atomic mass is 9.66. The molecule has 3 unspecified atom stereocenters. The van der Waals surface area contributed by atoms with Gasteiger partial charge in [-0.15, -0.1) is 5.10 Å². The molecule has 1 aliphatic carbocycles. The second-order valence-electron chi connectivity index (χ2n) is 10.4. The predicted octanol–water partition coefficient (Wildman–Crippen LogP) is 5.14. The Balaban J connectivity index is 1.44. The summed E-state index contributed by atoms with van der Waals surface area (Å²) in [6.45, 7) is 9.48. The molecule has 1 aromatic carbocycles. The number of nitrogens with zero attached hydrogens (tertiary/aromatic N) is 6. The molecular formula is C28H35N7O. The van der Waals surface area contributed by atoms with E-state index in [1.54, 1.807) is 0 Å². The zero-order valence-electron chi connectivity index (χ0n) is 21.6. The predicted molar refractivity (Wildman–Crippen MR) is 140 cm³/mol. The van der Waals surface area contributed by atoms with Gasteiger partial charge < -0.3 is 0 Å². The molecule has 1 fully saturated rings. The number of imidazole rings is 1. The number of aromatic amines is 1. The third kappa shape index (κ3) is 4.52. The highest BCUT2D eigenvalue weighted by atomic mass is 16.1. The zero-order valence-corrected chi connectivity index (χ0v) is 21.6. The maximum absolute atomic E-state index is 13.6. The monoisotopic (exact) mass is 485 g/mol. The molecule has 188 valence electrons. The van der Waals surface area contributed by atoms with Crippen LogP contribution in [0.1, 0.15) is 64.4 Å². The van der Waals surface area contributed by atoms with Crippen molar-refractivity contribution in [1.29, 1.82) is 0 Å². The number of rotatable bonds is 9. The van der Waals surface area contributed by atoms with E-state index in [0.717, 1.165) is 47.3 Å². The Kier molecular flexibility index (Phi) is 6.85. The third-order valence-corrected chi connectivity index (χ3v) is 7.70. The van der Waals surface area contributed by atoms with E-state index in [1.165, 1.54) is 6.42 Å². The Bertz CT molecular complexity index is 1350. The summed E-state index contributed by atoms with van der Waals surface area (Å²) in [5.74, 6) is 2.28. The Labute approximate surface area is 211 Å². The van der Waals surface area contributed by atoms with Gasteiger partial charge in [0.15, 0.2) is 5.82 Å². The van der Waals surface area contributed by atoms with Crippen LogP contribution in [0.4, 0.5) is 0 Å². The van der Waals surface area contributed by atoms with Gasteiger partial charge in [-0.05, 0) is 59.1 Å². The van der Waals surface area contributed by atoms with E-state index in [2.05, 4.69) is 60.6 Å². The molecule has 3 aromatic heterocycles. The Morgan fingerprint density at radius 1 is 1.14 bits per heavy atom. The molecule has 8 nitrogen and oxygen atoms in total. The molecule has 1 aliphatic rings.